The first kappa shape index (κ1) is 21.8. The molecule has 6 aliphatic rings. The maximum Gasteiger partial charge on any atom is 0.162 e. The van der Waals surface area contributed by atoms with Crippen LogP contribution in [0.2, 0.25) is 0 Å². The quantitative estimate of drug-likeness (QED) is 0.524. The van der Waals surface area contributed by atoms with E-state index in [9.17, 15) is 9.59 Å². The van der Waals surface area contributed by atoms with Crippen LogP contribution in [0.25, 0.3) is 0 Å². The molecule has 4 nitrogen and oxygen atoms in total. The molecule has 1 saturated heterocycles. The van der Waals surface area contributed by atoms with E-state index in [1.54, 1.807) is 6.92 Å². The molecule has 1 aliphatic heterocycles. The van der Waals surface area contributed by atoms with Gasteiger partial charge in [0.25, 0.3) is 0 Å². The van der Waals surface area contributed by atoms with E-state index in [1.165, 1.54) is 5.57 Å². The van der Waals surface area contributed by atoms with Crippen molar-refractivity contribution in [2.24, 2.45) is 40.4 Å². The first-order chi connectivity index (χ1) is 15.2. The van der Waals surface area contributed by atoms with Crippen molar-refractivity contribution in [1.29, 1.82) is 0 Å². The van der Waals surface area contributed by atoms with Gasteiger partial charge in [-0.2, -0.15) is 0 Å². The van der Waals surface area contributed by atoms with Crippen LogP contribution in [0, 0.1) is 40.4 Å². The van der Waals surface area contributed by atoms with Crippen molar-refractivity contribution >= 4 is 23.2 Å². The van der Waals surface area contributed by atoms with E-state index in [0.29, 0.717) is 29.5 Å². The molecule has 3 unspecified atom stereocenters. The normalized spacial score (nSPS) is 54.1. The lowest BCUT2D eigenvalue weighted by molar-refractivity contribution is -0.253. The number of hydrogen-bond acceptors (Lipinski definition) is 4. The van der Waals surface area contributed by atoms with Crippen LogP contribution in [0.4, 0.5) is 0 Å². The maximum absolute atomic E-state index is 13.3. The molecular weight excluding hydrogens is 424 g/mol. The number of allylic oxidation sites excluding steroid dienone is 1. The standard InChI is InChI=1S/C27H37ClO4/c1-15(29)27(32-24-6-4-5-11-31-24)10-8-18-16-13-22(28)21-14-23(30)17-12-20(17)26(21,3)19(16)7-9-25(18,27)2/h14,16-20,22,24H,4-13H2,1-3H3/t16-,17?,18-,19+,20?,22+,24?,25-,26+,27-/m0/s1. The summed E-state index contributed by atoms with van der Waals surface area (Å²) >= 11 is 7.04. The molecule has 10 atom stereocenters. The van der Waals surface area contributed by atoms with E-state index < -0.39 is 5.60 Å². The minimum absolute atomic E-state index is 0.0457. The van der Waals surface area contributed by atoms with Gasteiger partial charge in [0.2, 0.25) is 0 Å². The Bertz CT molecular complexity index is 877. The van der Waals surface area contributed by atoms with Gasteiger partial charge < -0.3 is 9.47 Å². The molecule has 1 heterocycles. The number of alkyl halides is 1. The number of Topliss-reactive ketones (excluding diaryl/α,β-unsaturated/α-hetero) is 1. The Balaban J connectivity index is 1.35. The fourth-order valence-electron chi connectivity index (χ4n) is 9.33. The summed E-state index contributed by atoms with van der Waals surface area (Å²) in [4.78, 5) is 25.8. The zero-order valence-corrected chi connectivity index (χ0v) is 20.5. The third-order valence-electron chi connectivity index (χ3n) is 11.0. The van der Waals surface area contributed by atoms with Gasteiger partial charge in [-0.25, -0.2) is 0 Å². The van der Waals surface area contributed by atoms with Crippen LogP contribution in [0.5, 0.6) is 0 Å². The van der Waals surface area contributed by atoms with Crippen molar-refractivity contribution in [2.75, 3.05) is 6.61 Å². The maximum atomic E-state index is 13.3. The number of carbonyl (C=O) groups excluding carboxylic acids is 2. The van der Waals surface area contributed by atoms with Gasteiger partial charge in [0, 0.05) is 17.9 Å². The number of fused-ring (bicyclic) bond motifs is 7. The van der Waals surface area contributed by atoms with Crippen molar-refractivity contribution in [1.82, 2.24) is 0 Å². The lowest BCUT2D eigenvalue weighted by atomic mass is 9.46. The van der Waals surface area contributed by atoms with Gasteiger partial charge in [0.1, 0.15) is 5.60 Å². The highest BCUT2D eigenvalue weighted by atomic mass is 35.5. The molecular formula is C27H37ClO4. The van der Waals surface area contributed by atoms with Gasteiger partial charge >= 0.3 is 0 Å². The zero-order chi connectivity index (χ0) is 22.5. The van der Waals surface area contributed by atoms with Crippen LogP contribution in [-0.2, 0) is 19.1 Å². The van der Waals surface area contributed by atoms with Crippen LogP contribution >= 0.6 is 11.6 Å². The van der Waals surface area contributed by atoms with Gasteiger partial charge in [-0.05, 0) is 105 Å². The Morgan fingerprint density at radius 3 is 2.59 bits per heavy atom. The minimum atomic E-state index is -0.742. The molecule has 0 aromatic rings. The molecule has 6 rings (SSSR count). The molecule has 0 bridgehead atoms. The van der Waals surface area contributed by atoms with Crippen LogP contribution < -0.4 is 0 Å². The smallest absolute Gasteiger partial charge is 0.162 e. The van der Waals surface area contributed by atoms with Crippen molar-refractivity contribution in [3.05, 3.63) is 11.6 Å². The summed E-state index contributed by atoms with van der Waals surface area (Å²) < 4.78 is 12.6. The average Bonchev–Trinajstić information content (AvgIpc) is 3.52. The lowest BCUT2D eigenvalue weighted by Gasteiger charge is -2.60. The highest BCUT2D eigenvalue weighted by molar-refractivity contribution is 6.23. The molecule has 0 amide bonds. The highest BCUT2D eigenvalue weighted by Gasteiger charge is 2.71. The minimum Gasteiger partial charge on any atom is -0.353 e. The van der Waals surface area contributed by atoms with E-state index in [-0.39, 0.29) is 34.2 Å². The molecule has 5 aliphatic carbocycles. The van der Waals surface area contributed by atoms with Crippen LogP contribution in [-0.4, -0.2) is 35.4 Å². The van der Waals surface area contributed by atoms with Crippen molar-refractivity contribution < 1.29 is 19.1 Å². The number of rotatable bonds is 3. The number of ether oxygens (including phenoxy) is 2. The summed E-state index contributed by atoms with van der Waals surface area (Å²) in [6, 6.07) is 0. The number of hydrogen-bond donors (Lipinski definition) is 0. The van der Waals surface area contributed by atoms with E-state index in [1.807, 2.05) is 6.08 Å². The van der Waals surface area contributed by atoms with Gasteiger partial charge in [-0.15, -0.1) is 11.6 Å². The van der Waals surface area contributed by atoms with Gasteiger partial charge in [-0.3, -0.25) is 9.59 Å². The Kier molecular flexibility index (Phi) is 4.87. The Morgan fingerprint density at radius 1 is 1.09 bits per heavy atom. The third-order valence-corrected chi connectivity index (χ3v) is 11.4. The molecule has 0 aromatic heterocycles. The fourth-order valence-corrected chi connectivity index (χ4v) is 9.83. The highest BCUT2D eigenvalue weighted by Crippen LogP contribution is 2.73. The summed E-state index contributed by atoms with van der Waals surface area (Å²) in [6.45, 7) is 7.19. The van der Waals surface area contributed by atoms with Crippen molar-refractivity contribution in [3.8, 4) is 0 Å². The van der Waals surface area contributed by atoms with Gasteiger partial charge in [0.05, 0.1) is 5.38 Å². The molecule has 32 heavy (non-hydrogen) atoms. The van der Waals surface area contributed by atoms with E-state index >= 15 is 0 Å². The van der Waals surface area contributed by atoms with E-state index in [2.05, 4.69) is 13.8 Å². The first-order valence-corrected chi connectivity index (χ1v) is 13.4. The van der Waals surface area contributed by atoms with Crippen LogP contribution in [0.1, 0.15) is 78.6 Å². The Labute approximate surface area is 196 Å². The lowest BCUT2D eigenvalue weighted by Crippen LogP contribution is -2.60. The zero-order valence-electron chi connectivity index (χ0n) is 19.7. The molecule has 0 radical (unpaired) electrons. The van der Waals surface area contributed by atoms with Crippen molar-refractivity contribution in [3.63, 3.8) is 0 Å². The molecule has 4 saturated carbocycles. The molecule has 5 fully saturated rings. The summed E-state index contributed by atoms with van der Waals surface area (Å²) in [5, 5.41) is -0.0657. The predicted octanol–water partition coefficient (Wildman–Crippen LogP) is 5.46. The Hall–Kier alpha value is -0.710. The Morgan fingerprint density at radius 2 is 1.88 bits per heavy atom. The molecule has 0 aromatic carbocycles. The second kappa shape index (κ2) is 7.15. The summed E-state index contributed by atoms with van der Waals surface area (Å²) in [5.41, 5.74) is 0.344. The largest absolute Gasteiger partial charge is 0.353 e. The van der Waals surface area contributed by atoms with Crippen molar-refractivity contribution in [2.45, 2.75) is 95.8 Å². The fraction of sp³-hybridized carbons (Fsp3) is 0.852. The molecule has 5 heteroatoms. The summed E-state index contributed by atoms with van der Waals surface area (Å²) in [7, 11) is 0. The second-order valence-electron chi connectivity index (χ2n) is 12.1. The summed E-state index contributed by atoms with van der Waals surface area (Å²) in [5.74, 6) is 2.66. The monoisotopic (exact) mass is 460 g/mol. The molecule has 176 valence electrons. The van der Waals surface area contributed by atoms with Crippen LogP contribution in [0.15, 0.2) is 11.6 Å². The number of carbonyl (C=O) groups is 2. The SMILES string of the molecule is CC(=O)[C@@]1(OC2CCCCO2)CC[C@H]2[C@@H]3C[C@@H](Cl)C4=CC(=O)C5CC5[C@@]4(C)[C@@H]3CC[C@@]21C. The summed E-state index contributed by atoms with van der Waals surface area (Å²) in [6.07, 6.45) is 10.6. The molecule has 0 spiro atoms. The van der Waals surface area contributed by atoms with Gasteiger partial charge in [-0.1, -0.05) is 13.8 Å². The number of ketones is 2. The number of halogens is 1. The predicted molar refractivity (Wildman–Crippen MR) is 122 cm³/mol. The molecule has 0 N–H and O–H groups in total. The van der Waals surface area contributed by atoms with E-state index in [0.717, 1.165) is 64.4 Å². The first-order valence-electron chi connectivity index (χ1n) is 12.9. The van der Waals surface area contributed by atoms with Crippen LogP contribution in [0.3, 0.4) is 0 Å². The topological polar surface area (TPSA) is 52.6 Å². The van der Waals surface area contributed by atoms with E-state index in [4.69, 9.17) is 21.1 Å². The average molecular weight is 461 g/mol. The van der Waals surface area contributed by atoms with Gasteiger partial charge in [0.15, 0.2) is 17.9 Å². The second-order valence-corrected chi connectivity index (χ2v) is 12.6. The third kappa shape index (κ3) is 2.69.